The van der Waals surface area contributed by atoms with Gasteiger partial charge in [-0.3, -0.25) is 19.8 Å². The van der Waals surface area contributed by atoms with E-state index in [1.807, 2.05) is 0 Å². The number of benzene rings is 1. The van der Waals surface area contributed by atoms with E-state index in [-0.39, 0.29) is 29.3 Å². The highest BCUT2D eigenvalue weighted by molar-refractivity contribution is 9.10. The summed E-state index contributed by atoms with van der Waals surface area (Å²) in [6.45, 7) is -0.0470. The van der Waals surface area contributed by atoms with Crippen LogP contribution in [0.5, 0.6) is 0 Å². The fourth-order valence-electron chi connectivity index (χ4n) is 2.76. The number of esters is 1. The first kappa shape index (κ1) is 18.5. The molecule has 1 atom stereocenters. The molecule has 0 aliphatic carbocycles. The number of fused-ring (bicyclic) bond motifs is 1. The van der Waals surface area contributed by atoms with E-state index < -0.39 is 10.9 Å². The zero-order valence-corrected chi connectivity index (χ0v) is 16.4. The molecule has 4 rings (SSSR count). The number of hydrogen-bond acceptors (Lipinski definition) is 7. The van der Waals surface area contributed by atoms with E-state index in [9.17, 15) is 19.7 Å². The lowest BCUT2D eigenvalue weighted by Crippen LogP contribution is -2.51. The zero-order valence-electron chi connectivity index (χ0n) is 14.0. The molecule has 2 aliphatic rings. The third-order valence-electron chi connectivity index (χ3n) is 4.15. The largest absolute Gasteiger partial charge is 0.456 e. The Bertz CT molecular complexity index is 1040. The molecule has 0 saturated carbocycles. The summed E-state index contributed by atoms with van der Waals surface area (Å²) in [4.78, 5) is 36.3. The molecular formula is C18H11BrN2O6S. The Balaban J connectivity index is 1.38. The van der Waals surface area contributed by atoms with Gasteiger partial charge in [-0.15, -0.1) is 11.8 Å². The molecule has 1 amide bonds. The number of hydrogen-bond donors (Lipinski definition) is 0. The number of rotatable bonds is 5. The number of ether oxygens (including phenoxy) is 1. The molecule has 2 aromatic rings. The van der Waals surface area contributed by atoms with Crippen LogP contribution in [0, 0.1) is 10.1 Å². The van der Waals surface area contributed by atoms with E-state index >= 15 is 0 Å². The van der Waals surface area contributed by atoms with Gasteiger partial charge in [0.1, 0.15) is 23.4 Å². The molecule has 0 bridgehead atoms. The van der Waals surface area contributed by atoms with Crippen molar-refractivity contribution in [3.63, 3.8) is 0 Å². The van der Waals surface area contributed by atoms with Crippen LogP contribution < -0.4 is 0 Å². The first-order valence-corrected chi connectivity index (χ1v) is 9.74. The summed E-state index contributed by atoms with van der Waals surface area (Å²) >= 11 is 4.55. The van der Waals surface area contributed by atoms with Crippen molar-refractivity contribution in [2.75, 3.05) is 0 Å². The minimum absolute atomic E-state index is 0.0399. The smallest absolute Gasteiger partial charge is 0.355 e. The number of β-lactam (4-membered cyclic amide) rings is 1. The lowest BCUT2D eigenvalue weighted by atomic mass is 10.0. The summed E-state index contributed by atoms with van der Waals surface area (Å²) in [6.07, 6.45) is 1.65. The average molecular weight is 463 g/mol. The number of halogens is 1. The van der Waals surface area contributed by atoms with Crippen molar-refractivity contribution in [3.05, 3.63) is 79.2 Å². The van der Waals surface area contributed by atoms with Crippen LogP contribution >= 0.6 is 27.7 Å². The number of nitro benzene ring substituents is 1. The molecule has 8 nitrogen and oxygen atoms in total. The van der Waals surface area contributed by atoms with E-state index in [1.54, 1.807) is 23.6 Å². The number of carbonyl (C=O) groups excluding carboxylic acids is 2. The van der Waals surface area contributed by atoms with Gasteiger partial charge in [0.25, 0.3) is 11.6 Å². The predicted molar refractivity (Wildman–Crippen MR) is 104 cm³/mol. The van der Waals surface area contributed by atoms with Gasteiger partial charge in [-0.05, 0) is 51.8 Å². The van der Waals surface area contributed by atoms with E-state index in [0.717, 1.165) is 0 Å². The molecule has 1 aromatic heterocycles. The van der Waals surface area contributed by atoms with Crippen molar-refractivity contribution in [1.29, 1.82) is 0 Å². The molecule has 0 radical (unpaired) electrons. The SMILES string of the molecule is O=C(OCc1ccc([N+](=O)[O-])cc1)C1=CS[C@@H]2/C(=C\c3ccc(Br)o3)C(=O)N12. The first-order valence-electron chi connectivity index (χ1n) is 8.00. The molecule has 28 heavy (non-hydrogen) atoms. The van der Waals surface area contributed by atoms with Crippen LogP contribution in [-0.2, 0) is 20.9 Å². The van der Waals surface area contributed by atoms with Crippen LogP contribution in [-0.4, -0.2) is 27.1 Å². The van der Waals surface area contributed by atoms with Gasteiger partial charge in [-0.25, -0.2) is 4.79 Å². The van der Waals surface area contributed by atoms with Crippen LogP contribution in [0.4, 0.5) is 5.69 Å². The van der Waals surface area contributed by atoms with Crippen molar-refractivity contribution in [1.82, 2.24) is 4.90 Å². The molecule has 1 aromatic carbocycles. The quantitative estimate of drug-likeness (QED) is 0.218. The van der Waals surface area contributed by atoms with Crippen molar-refractivity contribution < 1.29 is 23.7 Å². The average Bonchev–Trinajstić information content (AvgIpc) is 3.28. The normalized spacial score (nSPS) is 19.2. The second kappa shape index (κ2) is 7.28. The van der Waals surface area contributed by atoms with Gasteiger partial charge in [0, 0.05) is 17.5 Å². The van der Waals surface area contributed by atoms with Gasteiger partial charge in [0.2, 0.25) is 0 Å². The Morgan fingerprint density at radius 1 is 1.32 bits per heavy atom. The van der Waals surface area contributed by atoms with Crippen molar-refractivity contribution in [3.8, 4) is 0 Å². The number of non-ortho nitro benzene ring substituents is 1. The maximum Gasteiger partial charge on any atom is 0.355 e. The van der Waals surface area contributed by atoms with Crippen LogP contribution in [0.1, 0.15) is 11.3 Å². The maximum atomic E-state index is 12.4. The van der Waals surface area contributed by atoms with Gasteiger partial charge in [0.15, 0.2) is 4.67 Å². The molecule has 2 aliphatic heterocycles. The number of furan rings is 1. The lowest BCUT2D eigenvalue weighted by Gasteiger charge is -2.37. The maximum absolute atomic E-state index is 12.4. The molecule has 3 heterocycles. The number of nitro groups is 1. The Hall–Kier alpha value is -2.85. The van der Waals surface area contributed by atoms with E-state index in [2.05, 4.69) is 15.9 Å². The third kappa shape index (κ3) is 3.36. The number of thioether (sulfide) groups is 1. The topological polar surface area (TPSA) is 103 Å². The Morgan fingerprint density at radius 2 is 2.07 bits per heavy atom. The third-order valence-corrected chi connectivity index (χ3v) is 5.66. The van der Waals surface area contributed by atoms with Gasteiger partial charge in [-0.2, -0.15) is 0 Å². The highest BCUT2D eigenvalue weighted by Crippen LogP contribution is 2.45. The van der Waals surface area contributed by atoms with E-state index in [0.29, 0.717) is 21.6 Å². The van der Waals surface area contributed by atoms with Gasteiger partial charge in [0.05, 0.1) is 10.5 Å². The molecule has 0 spiro atoms. The summed E-state index contributed by atoms with van der Waals surface area (Å²) in [5.41, 5.74) is 1.29. The summed E-state index contributed by atoms with van der Waals surface area (Å²) in [7, 11) is 0. The molecular weight excluding hydrogens is 452 g/mol. The van der Waals surface area contributed by atoms with Gasteiger partial charge >= 0.3 is 5.97 Å². The predicted octanol–water partition coefficient (Wildman–Crippen LogP) is 3.83. The summed E-state index contributed by atoms with van der Waals surface area (Å²) in [6, 6.07) is 9.18. The monoisotopic (exact) mass is 462 g/mol. The minimum Gasteiger partial charge on any atom is -0.456 e. The summed E-state index contributed by atoms with van der Waals surface area (Å²) in [5.74, 6) is -0.354. The lowest BCUT2D eigenvalue weighted by molar-refractivity contribution is -0.384. The Kier molecular flexibility index (Phi) is 4.82. The molecule has 142 valence electrons. The number of nitrogens with zero attached hydrogens (tertiary/aromatic N) is 2. The highest BCUT2D eigenvalue weighted by Gasteiger charge is 2.50. The van der Waals surface area contributed by atoms with Crippen molar-refractivity contribution in [2.24, 2.45) is 0 Å². The van der Waals surface area contributed by atoms with Crippen LogP contribution in [0.25, 0.3) is 6.08 Å². The Morgan fingerprint density at radius 3 is 2.71 bits per heavy atom. The van der Waals surface area contributed by atoms with Crippen molar-refractivity contribution in [2.45, 2.75) is 12.0 Å². The molecule has 0 N–H and O–H groups in total. The first-order chi connectivity index (χ1) is 13.4. The second-order valence-corrected chi connectivity index (χ2v) is 7.64. The summed E-state index contributed by atoms with van der Waals surface area (Å²) in [5, 5.41) is 12.0. The fraction of sp³-hybridized carbons (Fsp3) is 0.111. The van der Waals surface area contributed by atoms with Gasteiger partial charge in [-0.1, -0.05) is 0 Å². The minimum atomic E-state index is -0.624. The highest BCUT2D eigenvalue weighted by atomic mass is 79.9. The van der Waals surface area contributed by atoms with Crippen LogP contribution in [0.2, 0.25) is 0 Å². The fourth-order valence-corrected chi connectivity index (χ4v) is 4.19. The second-order valence-electron chi connectivity index (χ2n) is 5.91. The Labute approximate surface area is 171 Å². The van der Waals surface area contributed by atoms with Gasteiger partial charge < -0.3 is 9.15 Å². The van der Waals surface area contributed by atoms with Crippen molar-refractivity contribution >= 4 is 51.3 Å². The summed E-state index contributed by atoms with van der Waals surface area (Å²) < 4.78 is 11.2. The van der Waals surface area contributed by atoms with Crippen LogP contribution in [0.3, 0.4) is 0 Å². The van der Waals surface area contributed by atoms with Crippen LogP contribution in [0.15, 0.2) is 62.2 Å². The van der Waals surface area contributed by atoms with E-state index in [1.165, 1.54) is 40.9 Å². The molecule has 0 unspecified atom stereocenters. The van der Waals surface area contributed by atoms with E-state index in [4.69, 9.17) is 9.15 Å². The number of carbonyl (C=O) groups is 2. The molecule has 1 saturated heterocycles. The number of amides is 1. The molecule has 1 fully saturated rings. The standard InChI is InChI=1S/C18H11BrN2O6S/c19-15-6-5-12(27-15)7-13-16(22)20-14(9-28-17(13)20)18(23)26-8-10-1-3-11(4-2-10)21(24)25/h1-7,9,17H,8H2/b13-7-/t17-/m1/s1. The molecule has 10 heteroatoms. The zero-order chi connectivity index (χ0) is 19.8.